The van der Waals surface area contributed by atoms with Crippen molar-refractivity contribution < 1.29 is 0 Å². The van der Waals surface area contributed by atoms with Crippen LogP contribution in [0.25, 0.3) is 0 Å². The van der Waals surface area contributed by atoms with Gasteiger partial charge in [-0.1, -0.05) is 37.4 Å². The molecule has 10 heavy (non-hydrogen) atoms. The Morgan fingerprint density at radius 2 is 2.00 bits per heavy atom. The SMILES string of the molecule is CCCP(Cl)C1CCCC1. The highest BCUT2D eigenvalue weighted by molar-refractivity contribution is 7.84. The summed E-state index contributed by atoms with van der Waals surface area (Å²) in [5, 5.41) is 0. The second kappa shape index (κ2) is 4.57. The Morgan fingerprint density at radius 3 is 2.50 bits per heavy atom. The molecule has 0 saturated heterocycles. The molecule has 0 aromatic carbocycles. The maximum absolute atomic E-state index is 6.25. The van der Waals surface area contributed by atoms with Gasteiger partial charge in [-0.05, 0) is 31.9 Å². The molecule has 0 nitrogen and oxygen atoms in total. The highest BCUT2D eigenvalue weighted by Crippen LogP contribution is 2.52. The summed E-state index contributed by atoms with van der Waals surface area (Å²) in [4.78, 5) is 0. The Hall–Kier alpha value is 0.720. The van der Waals surface area contributed by atoms with E-state index in [1.165, 1.54) is 38.3 Å². The van der Waals surface area contributed by atoms with Crippen molar-refractivity contribution in [1.82, 2.24) is 0 Å². The van der Waals surface area contributed by atoms with E-state index in [2.05, 4.69) is 6.92 Å². The fourth-order valence-corrected chi connectivity index (χ4v) is 4.39. The van der Waals surface area contributed by atoms with Gasteiger partial charge in [0.15, 0.2) is 0 Å². The molecule has 0 radical (unpaired) electrons. The minimum absolute atomic E-state index is 0.110. The first kappa shape index (κ1) is 8.81. The van der Waals surface area contributed by atoms with E-state index in [0.29, 0.717) is 0 Å². The van der Waals surface area contributed by atoms with Gasteiger partial charge < -0.3 is 0 Å². The molecule has 0 aromatic rings. The minimum atomic E-state index is -0.110. The number of hydrogen-bond acceptors (Lipinski definition) is 0. The van der Waals surface area contributed by atoms with Crippen molar-refractivity contribution in [1.29, 1.82) is 0 Å². The lowest BCUT2D eigenvalue weighted by Gasteiger charge is -2.14. The topological polar surface area (TPSA) is 0 Å². The van der Waals surface area contributed by atoms with Crippen LogP contribution in [0.15, 0.2) is 0 Å². The molecule has 60 valence electrons. The number of halogens is 1. The van der Waals surface area contributed by atoms with Crippen LogP contribution < -0.4 is 0 Å². The van der Waals surface area contributed by atoms with Crippen molar-refractivity contribution in [3.63, 3.8) is 0 Å². The molecular formula is C8H16ClP. The molecule has 1 aliphatic carbocycles. The smallest absolute Gasteiger partial charge is 0.00657 e. The Labute approximate surface area is 69.9 Å². The molecule has 0 N–H and O–H groups in total. The van der Waals surface area contributed by atoms with Crippen LogP contribution in [0, 0.1) is 0 Å². The van der Waals surface area contributed by atoms with Crippen LogP contribution >= 0.6 is 18.5 Å². The molecule has 0 bridgehead atoms. The van der Waals surface area contributed by atoms with Crippen LogP contribution in [0.4, 0.5) is 0 Å². The summed E-state index contributed by atoms with van der Waals surface area (Å²) in [6.07, 6.45) is 8.23. The van der Waals surface area contributed by atoms with Crippen LogP contribution in [0.1, 0.15) is 39.0 Å². The van der Waals surface area contributed by atoms with Crippen molar-refractivity contribution >= 4 is 18.5 Å². The normalized spacial score (nSPS) is 23.4. The monoisotopic (exact) mass is 178 g/mol. The summed E-state index contributed by atoms with van der Waals surface area (Å²) in [5.74, 6) is 0. The summed E-state index contributed by atoms with van der Waals surface area (Å²) in [5.41, 5.74) is 0.914. The Balaban J connectivity index is 2.18. The van der Waals surface area contributed by atoms with E-state index in [-0.39, 0.29) is 7.27 Å². The van der Waals surface area contributed by atoms with Gasteiger partial charge in [0.1, 0.15) is 0 Å². The molecular weight excluding hydrogens is 163 g/mol. The van der Waals surface area contributed by atoms with E-state index in [1.807, 2.05) is 0 Å². The Morgan fingerprint density at radius 1 is 1.40 bits per heavy atom. The minimum Gasteiger partial charge on any atom is -0.0961 e. The standard InChI is InChI=1S/C8H16ClP/c1-2-7-10(9)8-5-3-4-6-8/h8H,2-7H2,1H3. The van der Waals surface area contributed by atoms with Crippen LogP contribution in [-0.4, -0.2) is 11.8 Å². The zero-order chi connectivity index (χ0) is 7.40. The lowest BCUT2D eigenvalue weighted by Crippen LogP contribution is -1.96. The quantitative estimate of drug-likeness (QED) is 0.574. The number of hydrogen-bond donors (Lipinski definition) is 0. The molecule has 0 aliphatic heterocycles. The molecule has 0 heterocycles. The number of rotatable bonds is 3. The van der Waals surface area contributed by atoms with Gasteiger partial charge in [-0.15, -0.1) is 0 Å². The summed E-state index contributed by atoms with van der Waals surface area (Å²) in [6.45, 7) is 2.23. The van der Waals surface area contributed by atoms with E-state index in [0.717, 1.165) is 5.66 Å². The van der Waals surface area contributed by atoms with Gasteiger partial charge in [0.2, 0.25) is 0 Å². The lowest BCUT2D eigenvalue weighted by molar-refractivity contribution is 0.886. The highest BCUT2D eigenvalue weighted by Gasteiger charge is 2.21. The first-order chi connectivity index (χ1) is 4.84. The molecule has 0 aromatic heterocycles. The first-order valence-corrected chi connectivity index (χ1v) is 6.77. The van der Waals surface area contributed by atoms with E-state index in [4.69, 9.17) is 11.2 Å². The van der Waals surface area contributed by atoms with Crippen LogP contribution in [0.2, 0.25) is 0 Å². The molecule has 1 unspecified atom stereocenters. The predicted octanol–water partition coefficient (Wildman–Crippen LogP) is 3.97. The van der Waals surface area contributed by atoms with Crippen molar-refractivity contribution in [2.75, 3.05) is 6.16 Å². The van der Waals surface area contributed by atoms with Gasteiger partial charge in [0.25, 0.3) is 0 Å². The fourth-order valence-electron chi connectivity index (χ4n) is 1.58. The van der Waals surface area contributed by atoms with E-state index in [1.54, 1.807) is 0 Å². The predicted molar refractivity (Wildman–Crippen MR) is 50.2 cm³/mol. The lowest BCUT2D eigenvalue weighted by atomic mass is 10.4. The van der Waals surface area contributed by atoms with Crippen LogP contribution in [-0.2, 0) is 0 Å². The Bertz CT molecular complexity index is 89.3. The van der Waals surface area contributed by atoms with Gasteiger partial charge in [-0.25, -0.2) is 0 Å². The molecule has 1 rings (SSSR count). The molecule has 1 saturated carbocycles. The van der Waals surface area contributed by atoms with Gasteiger partial charge in [-0.3, -0.25) is 0 Å². The third kappa shape index (κ3) is 2.40. The van der Waals surface area contributed by atoms with Gasteiger partial charge in [-0.2, -0.15) is 0 Å². The van der Waals surface area contributed by atoms with Gasteiger partial charge in [0.05, 0.1) is 0 Å². The van der Waals surface area contributed by atoms with Crippen molar-refractivity contribution in [2.45, 2.75) is 44.7 Å². The van der Waals surface area contributed by atoms with E-state index in [9.17, 15) is 0 Å². The van der Waals surface area contributed by atoms with Gasteiger partial charge >= 0.3 is 0 Å². The molecule has 1 aliphatic rings. The van der Waals surface area contributed by atoms with Crippen LogP contribution in [0.3, 0.4) is 0 Å². The summed E-state index contributed by atoms with van der Waals surface area (Å²) >= 11 is 6.25. The third-order valence-corrected chi connectivity index (χ3v) is 5.68. The molecule has 2 heteroatoms. The first-order valence-electron chi connectivity index (χ1n) is 4.27. The average Bonchev–Trinajstić information content (AvgIpc) is 2.38. The average molecular weight is 179 g/mol. The molecule has 0 spiro atoms. The maximum Gasteiger partial charge on any atom is -0.00657 e. The summed E-state index contributed by atoms with van der Waals surface area (Å²) in [7, 11) is -0.110. The molecule has 1 atom stereocenters. The molecule has 1 fully saturated rings. The summed E-state index contributed by atoms with van der Waals surface area (Å²) < 4.78 is 0. The third-order valence-electron chi connectivity index (χ3n) is 2.16. The second-order valence-corrected chi connectivity index (χ2v) is 6.34. The van der Waals surface area contributed by atoms with Gasteiger partial charge in [0, 0.05) is 0 Å². The van der Waals surface area contributed by atoms with Crippen molar-refractivity contribution in [3.05, 3.63) is 0 Å². The zero-order valence-electron chi connectivity index (χ0n) is 6.65. The largest absolute Gasteiger partial charge is 0.0961 e. The maximum atomic E-state index is 6.25. The Kier molecular flexibility index (Phi) is 4.03. The zero-order valence-corrected chi connectivity index (χ0v) is 8.30. The fraction of sp³-hybridized carbons (Fsp3) is 1.00. The molecule has 0 amide bonds. The second-order valence-electron chi connectivity index (χ2n) is 3.06. The van der Waals surface area contributed by atoms with E-state index < -0.39 is 0 Å². The van der Waals surface area contributed by atoms with Crippen molar-refractivity contribution in [2.24, 2.45) is 0 Å². The highest BCUT2D eigenvalue weighted by atomic mass is 35.7. The van der Waals surface area contributed by atoms with Crippen molar-refractivity contribution in [3.8, 4) is 0 Å². The summed E-state index contributed by atoms with van der Waals surface area (Å²) in [6, 6.07) is 0. The van der Waals surface area contributed by atoms with Crippen LogP contribution in [0.5, 0.6) is 0 Å². The van der Waals surface area contributed by atoms with E-state index >= 15 is 0 Å².